The van der Waals surface area contributed by atoms with Crippen molar-refractivity contribution in [2.24, 2.45) is 5.73 Å². The number of nitrogens with two attached hydrogens (primary N) is 1. The fourth-order valence-corrected chi connectivity index (χ4v) is 4.49. The Morgan fingerprint density at radius 2 is 2.03 bits per heavy atom. The van der Waals surface area contributed by atoms with Crippen molar-refractivity contribution in [3.63, 3.8) is 0 Å². The van der Waals surface area contributed by atoms with E-state index in [-0.39, 0.29) is 12.5 Å². The van der Waals surface area contributed by atoms with E-state index in [1.54, 1.807) is 24.3 Å². The summed E-state index contributed by atoms with van der Waals surface area (Å²) in [5.74, 6) is -0.145. The molecule has 0 bridgehead atoms. The number of aryl methyl sites for hydroxylation is 2. The number of hydrogen-bond acceptors (Lipinski definition) is 4. The second-order valence-electron chi connectivity index (χ2n) is 8.03. The molecule has 7 nitrogen and oxygen atoms in total. The highest BCUT2D eigenvalue weighted by molar-refractivity contribution is 6.19. The van der Waals surface area contributed by atoms with E-state index in [2.05, 4.69) is 10.1 Å². The van der Waals surface area contributed by atoms with Crippen molar-refractivity contribution in [3.8, 4) is 11.1 Å². The van der Waals surface area contributed by atoms with E-state index >= 15 is 0 Å². The fourth-order valence-electron chi connectivity index (χ4n) is 4.49. The number of primary amides is 1. The van der Waals surface area contributed by atoms with Crippen LogP contribution in [0.2, 0.25) is 0 Å². The number of nitrogens with zero attached hydrogens (tertiary/aromatic N) is 2. The highest BCUT2D eigenvalue weighted by Crippen LogP contribution is 2.35. The summed E-state index contributed by atoms with van der Waals surface area (Å²) in [7, 11) is 0. The Labute approximate surface area is 177 Å². The average Bonchev–Trinajstić information content (AvgIpc) is 3.42. The molecule has 0 spiro atoms. The molecule has 1 aliphatic rings. The number of fused-ring (bicyclic) bond motifs is 3. The van der Waals surface area contributed by atoms with Crippen LogP contribution in [-0.4, -0.2) is 46.1 Å². The van der Waals surface area contributed by atoms with E-state index < -0.39 is 12.1 Å². The van der Waals surface area contributed by atoms with Crippen LogP contribution >= 0.6 is 0 Å². The second-order valence-corrected chi connectivity index (χ2v) is 8.03. The Kier molecular flexibility index (Phi) is 4.32. The molecule has 2 aromatic carbocycles. The molecule has 4 aromatic rings. The van der Waals surface area contributed by atoms with Crippen LogP contribution in [0, 0.1) is 13.8 Å². The van der Waals surface area contributed by atoms with E-state index in [9.17, 15) is 14.0 Å². The third kappa shape index (κ3) is 3.06. The molecule has 31 heavy (non-hydrogen) atoms. The minimum absolute atomic E-state index is 0.109. The van der Waals surface area contributed by atoms with Gasteiger partial charge in [-0.3, -0.25) is 9.59 Å². The summed E-state index contributed by atoms with van der Waals surface area (Å²) in [5.41, 5.74) is 10.3. The second kappa shape index (κ2) is 6.94. The number of aromatic nitrogens is 2. The number of aromatic amines is 1. The minimum Gasteiger partial charge on any atom is -0.366 e. The summed E-state index contributed by atoms with van der Waals surface area (Å²) in [6.07, 6.45) is -0.623. The van der Waals surface area contributed by atoms with Crippen LogP contribution in [0.15, 0.2) is 34.9 Å². The minimum atomic E-state index is -0.982. The van der Waals surface area contributed by atoms with Gasteiger partial charge in [-0.2, -0.15) is 0 Å². The maximum absolute atomic E-state index is 13.6. The molecule has 1 aliphatic heterocycles. The van der Waals surface area contributed by atoms with Gasteiger partial charge in [0.1, 0.15) is 11.9 Å². The summed E-state index contributed by atoms with van der Waals surface area (Å²) in [4.78, 5) is 30.0. The van der Waals surface area contributed by atoms with Crippen LogP contribution < -0.4 is 5.73 Å². The first kappa shape index (κ1) is 19.3. The fraction of sp³-hybridized carbons (Fsp3) is 0.261. The predicted octanol–water partition coefficient (Wildman–Crippen LogP) is 3.88. The number of hydrogen-bond donors (Lipinski definition) is 2. The van der Waals surface area contributed by atoms with Crippen LogP contribution in [0.5, 0.6) is 0 Å². The predicted molar refractivity (Wildman–Crippen MR) is 115 cm³/mol. The molecule has 2 amide bonds. The Hall–Kier alpha value is -3.68. The van der Waals surface area contributed by atoms with E-state index in [1.807, 2.05) is 19.9 Å². The van der Waals surface area contributed by atoms with Gasteiger partial charge in [-0.25, -0.2) is 4.39 Å². The Balaban J connectivity index is 1.70. The van der Waals surface area contributed by atoms with Crippen molar-refractivity contribution in [1.82, 2.24) is 15.0 Å². The number of nitrogens with one attached hydrogen (secondary N) is 1. The van der Waals surface area contributed by atoms with Gasteiger partial charge in [-0.1, -0.05) is 5.16 Å². The summed E-state index contributed by atoms with van der Waals surface area (Å²) >= 11 is 0. The number of benzene rings is 2. The van der Waals surface area contributed by atoms with Crippen LogP contribution in [0.3, 0.4) is 0 Å². The first-order chi connectivity index (χ1) is 14.8. The molecule has 8 heteroatoms. The summed E-state index contributed by atoms with van der Waals surface area (Å²) < 4.78 is 18.8. The van der Waals surface area contributed by atoms with E-state index in [0.717, 1.165) is 27.5 Å². The third-order valence-electron chi connectivity index (χ3n) is 5.95. The Morgan fingerprint density at radius 1 is 1.23 bits per heavy atom. The monoisotopic (exact) mass is 420 g/mol. The van der Waals surface area contributed by atoms with Gasteiger partial charge < -0.3 is 20.1 Å². The molecule has 1 saturated heterocycles. The molecule has 1 fully saturated rings. The van der Waals surface area contributed by atoms with Crippen molar-refractivity contribution in [1.29, 1.82) is 0 Å². The van der Waals surface area contributed by atoms with E-state index in [4.69, 9.17) is 10.3 Å². The lowest BCUT2D eigenvalue weighted by molar-refractivity contribution is 0.0783. The standard InChI is InChI=1S/C23H21FN4O3/c1-11-20(12(2)31-27-11)14-8-17(22(25)29)21-16-7-13(3-4-18(16)26-19(21)9-14)23(30)28-6-5-15(24)10-28/h3-4,7-9,15,26H,5-6,10H2,1-2H3,(H2,25,29). The highest BCUT2D eigenvalue weighted by atomic mass is 19.1. The molecular weight excluding hydrogens is 399 g/mol. The molecule has 158 valence electrons. The van der Waals surface area contributed by atoms with Crippen molar-refractivity contribution in [3.05, 3.63) is 52.9 Å². The molecule has 3 heterocycles. The van der Waals surface area contributed by atoms with Gasteiger partial charge in [0, 0.05) is 45.0 Å². The number of rotatable bonds is 3. The Bertz CT molecular complexity index is 1350. The normalized spacial score (nSPS) is 16.5. The number of H-pyrrole nitrogens is 1. The number of likely N-dealkylation sites (tertiary alicyclic amines) is 1. The van der Waals surface area contributed by atoms with Crippen LogP contribution in [0.25, 0.3) is 32.9 Å². The lowest BCUT2D eigenvalue weighted by Gasteiger charge is -2.15. The first-order valence-corrected chi connectivity index (χ1v) is 10.1. The third-order valence-corrected chi connectivity index (χ3v) is 5.95. The van der Waals surface area contributed by atoms with Crippen molar-refractivity contribution in [2.45, 2.75) is 26.4 Å². The number of alkyl halides is 1. The Morgan fingerprint density at radius 3 is 2.68 bits per heavy atom. The molecule has 5 rings (SSSR count). The largest absolute Gasteiger partial charge is 0.366 e. The maximum Gasteiger partial charge on any atom is 0.253 e. The van der Waals surface area contributed by atoms with Gasteiger partial charge in [0.15, 0.2) is 0 Å². The van der Waals surface area contributed by atoms with Crippen LogP contribution in [-0.2, 0) is 0 Å². The van der Waals surface area contributed by atoms with Gasteiger partial charge in [-0.05, 0) is 56.2 Å². The zero-order valence-corrected chi connectivity index (χ0v) is 17.2. The first-order valence-electron chi connectivity index (χ1n) is 10.1. The summed E-state index contributed by atoms with van der Waals surface area (Å²) in [6.45, 7) is 4.16. The smallest absolute Gasteiger partial charge is 0.253 e. The van der Waals surface area contributed by atoms with Crippen molar-refractivity contribution < 1.29 is 18.5 Å². The molecular formula is C23H21FN4O3. The lowest BCUT2D eigenvalue weighted by Crippen LogP contribution is -2.28. The number of halogens is 1. The van der Waals surface area contributed by atoms with Gasteiger partial charge in [-0.15, -0.1) is 0 Å². The quantitative estimate of drug-likeness (QED) is 0.525. The van der Waals surface area contributed by atoms with Gasteiger partial charge >= 0.3 is 0 Å². The van der Waals surface area contributed by atoms with Crippen molar-refractivity contribution in [2.75, 3.05) is 13.1 Å². The summed E-state index contributed by atoms with van der Waals surface area (Å²) in [5, 5.41) is 5.36. The molecule has 0 saturated carbocycles. The van der Waals surface area contributed by atoms with Gasteiger partial charge in [0.2, 0.25) is 5.91 Å². The topological polar surface area (TPSA) is 105 Å². The average molecular weight is 420 g/mol. The number of carbonyl (C=O) groups excluding carboxylic acids is 2. The van der Waals surface area contributed by atoms with E-state index in [0.29, 0.717) is 40.9 Å². The zero-order chi connectivity index (χ0) is 21.9. The van der Waals surface area contributed by atoms with Crippen molar-refractivity contribution >= 4 is 33.6 Å². The number of amides is 2. The zero-order valence-electron chi connectivity index (χ0n) is 17.2. The van der Waals surface area contributed by atoms with Crippen LogP contribution in [0.4, 0.5) is 4.39 Å². The summed E-state index contributed by atoms with van der Waals surface area (Å²) in [6, 6.07) is 8.90. The van der Waals surface area contributed by atoms with Gasteiger partial charge in [0.25, 0.3) is 5.91 Å². The highest BCUT2D eigenvalue weighted by Gasteiger charge is 2.27. The molecule has 3 N–H and O–H groups in total. The SMILES string of the molecule is Cc1noc(C)c1-c1cc(C(N)=O)c2c(c1)[nH]c1ccc(C(=O)N3CCC(F)C3)cc12. The maximum atomic E-state index is 13.6. The van der Waals surface area contributed by atoms with Gasteiger partial charge in [0.05, 0.1) is 12.2 Å². The van der Waals surface area contributed by atoms with E-state index in [1.165, 1.54) is 4.90 Å². The molecule has 1 unspecified atom stereocenters. The number of carbonyl (C=O) groups is 2. The molecule has 1 atom stereocenters. The molecule has 0 radical (unpaired) electrons. The van der Waals surface area contributed by atoms with Crippen LogP contribution in [0.1, 0.15) is 38.6 Å². The molecule has 2 aromatic heterocycles. The molecule has 0 aliphatic carbocycles. The lowest BCUT2D eigenvalue weighted by atomic mass is 9.97.